The molecule has 2 aromatic heterocycles. The number of carbonyl (C=O) groups is 2. The van der Waals surface area contributed by atoms with E-state index < -0.39 is 6.04 Å². The molecule has 0 saturated heterocycles. The smallest absolute Gasteiger partial charge is 0.242 e. The van der Waals surface area contributed by atoms with Crippen molar-refractivity contribution in [3.63, 3.8) is 0 Å². The second-order valence-electron chi connectivity index (χ2n) is 6.51. The van der Waals surface area contributed by atoms with Gasteiger partial charge in [-0.05, 0) is 38.3 Å². The maximum Gasteiger partial charge on any atom is 0.242 e. The fourth-order valence-corrected chi connectivity index (χ4v) is 3.43. The van der Waals surface area contributed by atoms with Crippen LogP contribution in [0.15, 0.2) is 29.7 Å². The van der Waals surface area contributed by atoms with Crippen LogP contribution < -0.4 is 10.6 Å². The molecule has 0 spiro atoms. The average molecular weight is 388 g/mol. The second kappa shape index (κ2) is 8.98. The molecule has 1 saturated carbocycles. The normalized spacial score (nSPS) is 14.6. The Morgan fingerprint density at radius 2 is 2.04 bits per heavy atom. The van der Waals surface area contributed by atoms with Gasteiger partial charge in [-0.2, -0.15) is 0 Å². The van der Waals surface area contributed by atoms with Crippen molar-refractivity contribution in [2.24, 2.45) is 0 Å². The zero-order chi connectivity index (χ0) is 19.2. The van der Waals surface area contributed by atoms with Gasteiger partial charge in [0, 0.05) is 30.5 Å². The first kappa shape index (κ1) is 19.3. The summed E-state index contributed by atoms with van der Waals surface area (Å²) in [5.41, 5.74) is 0.960. The molecule has 8 nitrogen and oxygen atoms in total. The molecule has 0 unspecified atom stereocenters. The predicted molar refractivity (Wildman–Crippen MR) is 103 cm³/mol. The number of nitrogens with zero attached hydrogens (tertiary/aromatic N) is 4. The number of rotatable bonds is 9. The van der Waals surface area contributed by atoms with Gasteiger partial charge in [-0.15, -0.1) is 10.2 Å². The summed E-state index contributed by atoms with van der Waals surface area (Å²) < 4.78 is 2.10. The Kier molecular flexibility index (Phi) is 6.44. The second-order valence-corrected chi connectivity index (χ2v) is 7.45. The summed E-state index contributed by atoms with van der Waals surface area (Å²) in [6.07, 6.45) is 6.49. The van der Waals surface area contributed by atoms with Crippen LogP contribution in [0.4, 0.5) is 0 Å². The molecule has 3 rings (SSSR count). The molecule has 2 N–H and O–H groups in total. The summed E-state index contributed by atoms with van der Waals surface area (Å²) in [6.45, 7) is 4.27. The summed E-state index contributed by atoms with van der Waals surface area (Å²) in [4.78, 5) is 28.1. The molecule has 2 amide bonds. The predicted octanol–water partition coefficient (Wildman–Crippen LogP) is 1.80. The Morgan fingerprint density at radius 1 is 1.30 bits per heavy atom. The highest BCUT2D eigenvalue weighted by Gasteiger charge is 2.30. The van der Waals surface area contributed by atoms with Crippen molar-refractivity contribution < 1.29 is 9.59 Å². The molecule has 1 fully saturated rings. The van der Waals surface area contributed by atoms with E-state index >= 15 is 0 Å². The molecule has 1 aliphatic rings. The first-order chi connectivity index (χ1) is 13.1. The summed E-state index contributed by atoms with van der Waals surface area (Å²) >= 11 is 1.34. The van der Waals surface area contributed by atoms with E-state index in [2.05, 4.69) is 30.4 Å². The van der Waals surface area contributed by atoms with Gasteiger partial charge >= 0.3 is 0 Å². The van der Waals surface area contributed by atoms with Gasteiger partial charge in [0.05, 0.1) is 5.75 Å². The minimum absolute atomic E-state index is 0.170. The molecule has 0 bridgehead atoms. The number of carbonyl (C=O) groups excluding carboxylic acids is 2. The number of hydrogen-bond acceptors (Lipinski definition) is 6. The van der Waals surface area contributed by atoms with E-state index in [9.17, 15) is 9.59 Å². The third kappa shape index (κ3) is 5.06. The van der Waals surface area contributed by atoms with Crippen molar-refractivity contribution in [1.29, 1.82) is 0 Å². The van der Waals surface area contributed by atoms with Crippen LogP contribution in [0.3, 0.4) is 0 Å². The van der Waals surface area contributed by atoms with Gasteiger partial charge < -0.3 is 10.6 Å². The minimum atomic E-state index is -0.557. The SMILES string of the molecule is CCCNC(=O)[C@H](C)NC(=O)CSc1nnc(-c2ccncc2)n1C1CC1. The number of amides is 2. The fourth-order valence-electron chi connectivity index (χ4n) is 2.62. The number of nitrogens with one attached hydrogen (secondary N) is 2. The number of hydrogen-bond donors (Lipinski definition) is 2. The third-order valence-corrected chi connectivity index (χ3v) is 5.11. The molecular weight excluding hydrogens is 364 g/mol. The first-order valence-electron chi connectivity index (χ1n) is 9.15. The number of thioether (sulfide) groups is 1. The Labute approximate surface area is 162 Å². The van der Waals surface area contributed by atoms with Crippen LogP contribution in [0.5, 0.6) is 0 Å². The molecule has 2 aromatic rings. The highest BCUT2D eigenvalue weighted by Crippen LogP contribution is 2.40. The van der Waals surface area contributed by atoms with Crippen molar-refractivity contribution in [3.8, 4) is 11.4 Å². The molecule has 1 atom stereocenters. The lowest BCUT2D eigenvalue weighted by Crippen LogP contribution is -2.45. The zero-order valence-corrected chi connectivity index (χ0v) is 16.3. The van der Waals surface area contributed by atoms with Crippen LogP contribution in [-0.4, -0.2) is 49.9 Å². The van der Waals surface area contributed by atoms with Gasteiger partial charge in [-0.25, -0.2) is 0 Å². The summed E-state index contributed by atoms with van der Waals surface area (Å²) in [5.74, 6) is 0.619. The van der Waals surface area contributed by atoms with Gasteiger partial charge in [0.2, 0.25) is 11.8 Å². The van der Waals surface area contributed by atoms with Gasteiger partial charge in [-0.1, -0.05) is 18.7 Å². The van der Waals surface area contributed by atoms with Gasteiger partial charge in [0.15, 0.2) is 11.0 Å². The lowest BCUT2D eigenvalue weighted by Gasteiger charge is -2.13. The van der Waals surface area contributed by atoms with Crippen LogP contribution in [0.25, 0.3) is 11.4 Å². The van der Waals surface area contributed by atoms with Crippen LogP contribution >= 0.6 is 11.8 Å². The third-order valence-electron chi connectivity index (χ3n) is 4.17. The summed E-state index contributed by atoms with van der Waals surface area (Å²) in [6, 6.07) is 3.63. The summed E-state index contributed by atoms with van der Waals surface area (Å²) in [5, 5.41) is 14.8. The first-order valence-corrected chi connectivity index (χ1v) is 10.1. The van der Waals surface area contributed by atoms with Crippen LogP contribution in [0, 0.1) is 0 Å². The van der Waals surface area contributed by atoms with Gasteiger partial charge in [0.25, 0.3) is 0 Å². The van der Waals surface area contributed by atoms with Crippen LogP contribution in [0.1, 0.15) is 39.2 Å². The highest BCUT2D eigenvalue weighted by atomic mass is 32.2. The van der Waals surface area contributed by atoms with Crippen LogP contribution in [-0.2, 0) is 9.59 Å². The molecular formula is C18H24N6O2S. The van der Waals surface area contributed by atoms with E-state index in [4.69, 9.17) is 0 Å². The topological polar surface area (TPSA) is 102 Å². The fraction of sp³-hybridized carbons (Fsp3) is 0.500. The molecule has 1 aliphatic carbocycles. The number of pyridine rings is 1. The largest absolute Gasteiger partial charge is 0.354 e. The molecule has 0 radical (unpaired) electrons. The maximum atomic E-state index is 12.2. The minimum Gasteiger partial charge on any atom is -0.354 e. The van der Waals surface area contributed by atoms with Crippen molar-refractivity contribution >= 4 is 23.6 Å². The Balaban J connectivity index is 1.61. The maximum absolute atomic E-state index is 12.2. The van der Waals surface area contributed by atoms with Crippen molar-refractivity contribution in [2.45, 2.75) is 50.4 Å². The molecule has 0 aromatic carbocycles. The number of aromatic nitrogens is 4. The van der Waals surface area contributed by atoms with Crippen LogP contribution in [0.2, 0.25) is 0 Å². The van der Waals surface area contributed by atoms with Gasteiger partial charge in [0.1, 0.15) is 6.04 Å². The summed E-state index contributed by atoms with van der Waals surface area (Å²) in [7, 11) is 0. The monoisotopic (exact) mass is 388 g/mol. The lowest BCUT2D eigenvalue weighted by molar-refractivity contribution is -0.127. The Morgan fingerprint density at radius 3 is 2.70 bits per heavy atom. The van der Waals surface area contributed by atoms with E-state index in [1.807, 2.05) is 19.1 Å². The van der Waals surface area contributed by atoms with E-state index in [0.717, 1.165) is 35.8 Å². The Bertz CT molecular complexity index is 790. The van der Waals surface area contributed by atoms with E-state index in [-0.39, 0.29) is 17.6 Å². The molecule has 0 aliphatic heterocycles. The Hall–Kier alpha value is -2.42. The lowest BCUT2D eigenvalue weighted by atomic mass is 10.2. The van der Waals surface area contributed by atoms with Crippen molar-refractivity contribution in [2.75, 3.05) is 12.3 Å². The van der Waals surface area contributed by atoms with Crippen molar-refractivity contribution in [3.05, 3.63) is 24.5 Å². The van der Waals surface area contributed by atoms with Gasteiger partial charge in [-0.3, -0.25) is 19.1 Å². The highest BCUT2D eigenvalue weighted by molar-refractivity contribution is 7.99. The quantitative estimate of drug-likeness (QED) is 0.635. The molecule has 144 valence electrons. The molecule has 9 heteroatoms. The molecule has 2 heterocycles. The van der Waals surface area contributed by atoms with E-state index in [1.165, 1.54) is 11.8 Å². The van der Waals surface area contributed by atoms with E-state index in [1.54, 1.807) is 19.3 Å². The zero-order valence-electron chi connectivity index (χ0n) is 15.5. The standard InChI is InChI=1S/C18H24N6O2S/c1-3-8-20-17(26)12(2)21-15(25)11-27-18-23-22-16(24(18)14-4-5-14)13-6-9-19-10-7-13/h6-7,9-10,12,14H,3-5,8,11H2,1-2H3,(H,20,26)(H,21,25)/t12-/m0/s1. The molecule has 27 heavy (non-hydrogen) atoms. The van der Waals surface area contributed by atoms with Crippen molar-refractivity contribution in [1.82, 2.24) is 30.4 Å². The average Bonchev–Trinajstić information content (AvgIpc) is 3.43. The van der Waals surface area contributed by atoms with E-state index in [0.29, 0.717) is 12.6 Å².